The van der Waals surface area contributed by atoms with Crippen LogP contribution in [-0.4, -0.2) is 31.1 Å². The quantitative estimate of drug-likeness (QED) is 0.642. The van der Waals surface area contributed by atoms with E-state index in [1.54, 1.807) is 12.1 Å². The largest absolute Gasteiger partial charge is 0.381 e. The van der Waals surface area contributed by atoms with E-state index in [0.29, 0.717) is 17.3 Å². The lowest BCUT2D eigenvalue weighted by Crippen LogP contribution is -2.43. The van der Waals surface area contributed by atoms with Gasteiger partial charge in [-0.3, -0.25) is 10.1 Å². The maximum absolute atomic E-state index is 11.3. The molecule has 1 fully saturated rings. The van der Waals surface area contributed by atoms with E-state index in [1.807, 2.05) is 30.3 Å². The number of nitro groups is 1. The average molecular weight is 347 g/mol. The molecule has 2 aromatic rings. The van der Waals surface area contributed by atoms with E-state index in [1.165, 1.54) is 0 Å². The van der Waals surface area contributed by atoms with Crippen molar-refractivity contribution in [1.29, 1.82) is 0 Å². The van der Waals surface area contributed by atoms with Gasteiger partial charge in [0.2, 0.25) is 0 Å². The van der Waals surface area contributed by atoms with Gasteiger partial charge in [0, 0.05) is 49.5 Å². The summed E-state index contributed by atoms with van der Waals surface area (Å²) in [6.45, 7) is 3.80. The standard InChI is InChI=1S/C17H19ClN4O2/c18-14-3-1-2-13(10-14)12-20-15-4-5-16(22(23)24)17(11-15)21-8-6-19-7-9-21/h1-5,10-11,19-20H,6-9,12H2. The molecule has 2 N–H and O–H groups in total. The van der Waals surface area contributed by atoms with Crippen molar-refractivity contribution in [1.82, 2.24) is 5.32 Å². The van der Waals surface area contributed by atoms with Gasteiger partial charge in [-0.1, -0.05) is 23.7 Å². The number of nitro benzene ring substituents is 1. The maximum atomic E-state index is 11.3. The van der Waals surface area contributed by atoms with Crippen molar-refractivity contribution >= 4 is 28.7 Å². The topological polar surface area (TPSA) is 70.4 Å². The number of benzene rings is 2. The summed E-state index contributed by atoms with van der Waals surface area (Å²) in [7, 11) is 0. The molecule has 3 rings (SSSR count). The Balaban J connectivity index is 1.79. The molecule has 0 aliphatic carbocycles. The summed E-state index contributed by atoms with van der Waals surface area (Å²) < 4.78 is 0. The summed E-state index contributed by atoms with van der Waals surface area (Å²) in [5.41, 5.74) is 2.72. The monoisotopic (exact) mass is 346 g/mol. The first-order valence-electron chi connectivity index (χ1n) is 7.86. The first kappa shape index (κ1) is 16.5. The molecule has 0 aromatic heterocycles. The molecule has 0 atom stereocenters. The highest BCUT2D eigenvalue weighted by atomic mass is 35.5. The van der Waals surface area contributed by atoms with Crippen LogP contribution < -0.4 is 15.5 Å². The zero-order valence-corrected chi connectivity index (χ0v) is 13.9. The zero-order valence-electron chi connectivity index (χ0n) is 13.2. The first-order chi connectivity index (χ1) is 11.6. The molecule has 0 amide bonds. The van der Waals surface area contributed by atoms with Crippen molar-refractivity contribution in [3.63, 3.8) is 0 Å². The fraction of sp³-hybridized carbons (Fsp3) is 0.294. The number of hydrogen-bond acceptors (Lipinski definition) is 5. The Kier molecular flexibility index (Phi) is 5.17. The van der Waals surface area contributed by atoms with Crippen LogP contribution in [0.1, 0.15) is 5.56 Å². The van der Waals surface area contributed by atoms with Crippen LogP contribution >= 0.6 is 11.6 Å². The van der Waals surface area contributed by atoms with Crippen molar-refractivity contribution in [3.8, 4) is 0 Å². The minimum atomic E-state index is -0.321. The van der Waals surface area contributed by atoms with E-state index in [4.69, 9.17) is 11.6 Å². The molecule has 1 aliphatic heterocycles. The van der Waals surface area contributed by atoms with Gasteiger partial charge in [-0.25, -0.2) is 0 Å². The second kappa shape index (κ2) is 7.51. The Bertz CT molecular complexity index is 732. The second-order valence-corrected chi connectivity index (χ2v) is 6.12. The normalized spacial score (nSPS) is 14.5. The van der Waals surface area contributed by atoms with Gasteiger partial charge in [0.05, 0.1) is 4.92 Å². The molecule has 0 spiro atoms. The smallest absolute Gasteiger partial charge is 0.292 e. The molecule has 0 saturated carbocycles. The fourth-order valence-corrected chi connectivity index (χ4v) is 3.01. The number of anilines is 2. The van der Waals surface area contributed by atoms with Crippen molar-refractivity contribution in [3.05, 3.63) is 63.2 Å². The van der Waals surface area contributed by atoms with Crippen LogP contribution in [-0.2, 0) is 6.54 Å². The highest BCUT2D eigenvalue weighted by molar-refractivity contribution is 6.30. The SMILES string of the molecule is O=[N+]([O-])c1ccc(NCc2cccc(Cl)c2)cc1N1CCNCC1. The van der Waals surface area contributed by atoms with Crippen molar-refractivity contribution in [2.45, 2.75) is 6.54 Å². The number of hydrogen-bond donors (Lipinski definition) is 2. The first-order valence-corrected chi connectivity index (χ1v) is 8.24. The van der Waals surface area contributed by atoms with E-state index in [0.717, 1.165) is 37.4 Å². The number of rotatable bonds is 5. The molecular formula is C17H19ClN4O2. The molecule has 0 unspecified atom stereocenters. The Morgan fingerprint density at radius 1 is 1.21 bits per heavy atom. The summed E-state index contributed by atoms with van der Waals surface area (Å²) >= 11 is 5.99. The van der Waals surface area contributed by atoms with E-state index in [9.17, 15) is 10.1 Å². The number of nitrogens with zero attached hydrogens (tertiary/aromatic N) is 2. The lowest BCUT2D eigenvalue weighted by atomic mass is 10.2. The van der Waals surface area contributed by atoms with Crippen molar-refractivity contribution in [2.75, 3.05) is 36.4 Å². The Morgan fingerprint density at radius 2 is 2.00 bits per heavy atom. The molecule has 2 aromatic carbocycles. The van der Waals surface area contributed by atoms with Crippen molar-refractivity contribution in [2.24, 2.45) is 0 Å². The summed E-state index contributed by atoms with van der Waals surface area (Å²) in [6, 6.07) is 12.8. The highest BCUT2D eigenvalue weighted by Gasteiger charge is 2.21. The van der Waals surface area contributed by atoms with Gasteiger partial charge in [-0.05, 0) is 29.8 Å². The van der Waals surface area contributed by atoms with Crippen LogP contribution in [0, 0.1) is 10.1 Å². The minimum Gasteiger partial charge on any atom is -0.381 e. The predicted molar refractivity (Wildman–Crippen MR) is 97.0 cm³/mol. The van der Waals surface area contributed by atoms with Crippen LogP contribution in [0.25, 0.3) is 0 Å². The van der Waals surface area contributed by atoms with Gasteiger partial charge in [0.15, 0.2) is 0 Å². The predicted octanol–water partition coefficient (Wildman–Crippen LogP) is 3.27. The van der Waals surface area contributed by atoms with Gasteiger partial charge in [-0.15, -0.1) is 0 Å². The number of nitrogens with one attached hydrogen (secondary N) is 2. The van der Waals surface area contributed by atoms with Crippen molar-refractivity contribution < 1.29 is 4.92 Å². The second-order valence-electron chi connectivity index (χ2n) is 5.68. The van der Waals surface area contributed by atoms with Gasteiger partial charge >= 0.3 is 0 Å². The molecule has 7 heteroatoms. The summed E-state index contributed by atoms with van der Waals surface area (Å²) in [5, 5.41) is 18.6. The van der Waals surface area contributed by atoms with Crippen LogP contribution in [0.2, 0.25) is 5.02 Å². The summed E-state index contributed by atoms with van der Waals surface area (Å²) in [5.74, 6) is 0. The minimum absolute atomic E-state index is 0.144. The molecule has 24 heavy (non-hydrogen) atoms. The van der Waals surface area contributed by atoms with Gasteiger partial charge in [0.25, 0.3) is 5.69 Å². The zero-order chi connectivity index (χ0) is 16.9. The Hall–Kier alpha value is -2.31. The van der Waals surface area contributed by atoms with Gasteiger partial charge in [0.1, 0.15) is 5.69 Å². The van der Waals surface area contributed by atoms with E-state index >= 15 is 0 Å². The molecule has 6 nitrogen and oxygen atoms in total. The lowest BCUT2D eigenvalue weighted by Gasteiger charge is -2.29. The molecule has 0 bridgehead atoms. The maximum Gasteiger partial charge on any atom is 0.292 e. The molecule has 1 heterocycles. The third-order valence-electron chi connectivity index (χ3n) is 4.02. The van der Waals surface area contributed by atoms with E-state index in [2.05, 4.69) is 15.5 Å². The van der Waals surface area contributed by atoms with Crippen LogP contribution in [0.3, 0.4) is 0 Å². The summed E-state index contributed by atoms with van der Waals surface area (Å²) in [4.78, 5) is 13.1. The fourth-order valence-electron chi connectivity index (χ4n) is 2.80. The lowest BCUT2D eigenvalue weighted by molar-refractivity contribution is -0.384. The third-order valence-corrected chi connectivity index (χ3v) is 4.25. The van der Waals surface area contributed by atoms with E-state index < -0.39 is 0 Å². The molecule has 126 valence electrons. The third kappa shape index (κ3) is 3.96. The molecule has 1 saturated heterocycles. The number of halogens is 1. The van der Waals surface area contributed by atoms with Crippen LogP contribution in [0.15, 0.2) is 42.5 Å². The highest BCUT2D eigenvalue weighted by Crippen LogP contribution is 2.31. The van der Waals surface area contributed by atoms with Crippen LogP contribution in [0.4, 0.5) is 17.1 Å². The van der Waals surface area contributed by atoms with Crippen LogP contribution in [0.5, 0.6) is 0 Å². The van der Waals surface area contributed by atoms with E-state index in [-0.39, 0.29) is 10.6 Å². The van der Waals surface area contributed by atoms with Gasteiger partial charge in [-0.2, -0.15) is 0 Å². The molecular weight excluding hydrogens is 328 g/mol. The molecule has 0 radical (unpaired) electrons. The Labute approximate surface area is 145 Å². The molecule has 1 aliphatic rings. The van der Waals surface area contributed by atoms with Gasteiger partial charge < -0.3 is 15.5 Å². The summed E-state index contributed by atoms with van der Waals surface area (Å²) in [6.07, 6.45) is 0. The average Bonchev–Trinajstić information content (AvgIpc) is 2.60. The Morgan fingerprint density at radius 3 is 2.71 bits per heavy atom. The number of piperazine rings is 1.